The molecular weight excluding hydrogens is 444 g/mol. The topological polar surface area (TPSA) is 108 Å². The lowest BCUT2D eigenvalue weighted by Crippen LogP contribution is -2.24. The van der Waals surface area contributed by atoms with Crippen molar-refractivity contribution >= 4 is 28.5 Å². The summed E-state index contributed by atoms with van der Waals surface area (Å²) >= 11 is 0. The molecule has 0 bridgehead atoms. The Labute approximate surface area is 204 Å². The Balaban J connectivity index is 1.55. The number of esters is 1. The zero-order valence-corrected chi connectivity index (χ0v) is 20.2. The summed E-state index contributed by atoms with van der Waals surface area (Å²) in [6.45, 7) is 4.62. The second kappa shape index (κ2) is 10.8. The number of ether oxygens (including phenoxy) is 2. The number of nitrogens with one attached hydrogen (secondary N) is 4. The summed E-state index contributed by atoms with van der Waals surface area (Å²) in [4.78, 5) is 32.4. The lowest BCUT2D eigenvalue weighted by atomic mass is 10.1. The lowest BCUT2D eigenvalue weighted by Gasteiger charge is -2.09. The van der Waals surface area contributed by atoms with E-state index in [0.29, 0.717) is 42.0 Å². The zero-order chi connectivity index (χ0) is 24.8. The molecule has 0 radical (unpaired) electrons. The van der Waals surface area contributed by atoms with E-state index in [-0.39, 0.29) is 12.5 Å². The molecule has 2 aromatic heterocycles. The van der Waals surface area contributed by atoms with Crippen molar-refractivity contribution < 1.29 is 19.1 Å². The molecule has 1 amide bonds. The molecule has 4 aromatic rings. The number of carbonyl (C=O) groups excluding carboxylic acids is 2. The Kier molecular flexibility index (Phi) is 7.40. The molecule has 4 rings (SSSR count). The summed E-state index contributed by atoms with van der Waals surface area (Å²) in [5, 5.41) is 7.39. The molecule has 2 aromatic carbocycles. The van der Waals surface area contributed by atoms with Gasteiger partial charge in [0, 0.05) is 29.6 Å². The van der Waals surface area contributed by atoms with Crippen LogP contribution in [0.25, 0.3) is 10.9 Å². The van der Waals surface area contributed by atoms with Gasteiger partial charge in [0.1, 0.15) is 11.4 Å². The summed E-state index contributed by atoms with van der Waals surface area (Å²) < 4.78 is 10.5. The second-order valence-electron chi connectivity index (χ2n) is 8.07. The molecule has 0 spiro atoms. The van der Waals surface area contributed by atoms with Gasteiger partial charge in [0.05, 0.1) is 25.8 Å². The number of methoxy groups -OCH3 is 1. The molecule has 2 heterocycles. The molecule has 0 aliphatic heterocycles. The molecule has 4 N–H and O–H groups in total. The van der Waals surface area contributed by atoms with Crippen LogP contribution in [0.1, 0.15) is 51.5 Å². The van der Waals surface area contributed by atoms with Crippen molar-refractivity contribution in [3.8, 4) is 5.75 Å². The fraction of sp³-hybridized carbons (Fsp3) is 0.259. The molecule has 0 atom stereocenters. The minimum absolute atomic E-state index is 0.251. The average molecular weight is 475 g/mol. The summed E-state index contributed by atoms with van der Waals surface area (Å²) in [6, 6.07) is 15.5. The van der Waals surface area contributed by atoms with Gasteiger partial charge in [-0.3, -0.25) is 4.79 Å². The normalized spacial score (nSPS) is 10.8. The maximum atomic E-state index is 13.2. The van der Waals surface area contributed by atoms with Crippen LogP contribution < -0.4 is 15.4 Å². The first-order valence-corrected chi connectivity index (χ1v) is 11.7. The first kappa shape index (κ1) is 23.9. The number of anilines is 1. The van der Waals surface area contributed by atoms with Gasteiger partial charge >= 0.3 is 5.97 Å². The van der Waals surface area contributed by atoms with E-state index in [1.54, 1.807) is 14.0 Å². The highest BCUT2D eigenvalue weighted by Gasteiger charge is 2.26. The fourth-order valence-corrected chi connectivity index (χ4v) is 4.10. The molecule has 0 fully saturated rings. The number of aromatic nitrogens is 2. The minimum atomic E-state index is -0.441. The second-order valence-corrected chi connectivity index (χ2v) is 8.07. The molecule has 0 saturated heterocycles. The number of hydrogen-bond acceptors (Lipinski definition) is 5. The van der Waals surface area contributed by atoms with Gasteiger partial charge in [-0.15, -0.1) is 0 Å². The van der Waals surface area contributed by atoms with Gasteiger partial charge in [-0.2, -0.15) is 0 Å². The summed E-state index contributed by atoms with van der Waals surface area (Å²) in [5.41, 5.74) is 4.89. The van der Waals surface area contributed by atoms with E-state index in [4.69, 9.17) is 9.47 Å². The van der Waals surface area contributed by atoms with Gasteiger partial charge in [-0.25, -0.2) is 4.79 Å². The van der Waals surface area contributed by atoms with Crippen LogP contribution in [-0.4, -0.2) is 35.6 Å². The average Bonchev–Trinajstić information content (AvgIpc) is 3.50. The largest absolute Gasteiger partial charge is 0.497 e. The van der Waals surface area contributed by atoms with Crippen molar-refractivity contribution in [1.29, 1.82) is 0 Å². The Morgan fingerprint density at radius 1 is 1.00 bits per heavy atom. The highest BCUT2D eigenvalue weighted by Crippen LogP contribution is 2.24. The van der Waals surface area contributed by atoms with Crippen molar-refractivity contribution in [1.82, 2.24) is 15.3 Å². The van der Waals surface area contributed by atoms with E-state index >= 15 is 0 Å². The Morgan fingerprint density at radius 3 is 2.51 bits per heavy atom. The molecule has 35 heavy (non-hydrogen) atoms. The van der Waals surface area contributed by atoms with Crippen LogP contribution in [0, 0.1) is 0 Å². The standard InChI is InChI=1S/C27H30N4O4/c1-4-21-24(27(33)35-5-2)23(16-29-19-8-10-20(34-3)11-9-19)31-25(21)26(32)30-15-17-6-7-18-12-13-28-22(18)14-17/h6-14,28-29,31H,4-5,15-16H2,1-3H3,(H,30,32). The van der Waals surface area contributed by atoms with Crippen LogP contribution in [0.5, 0.6) is 5.75 Å². The maximum absolute atomic E-state index is 13.2. The molecule has 0 unspecified atom stereocenters. The quantitative estimate of drug-likeness (QED) is 0.247. The van der Waals surface area contributed by atoms with Gasteiger partial charge in [-0.05, 0) is 66.3 Å². The van der Waals surface area contributed by atoms with Crippen LogP contribution in [0.4, 0.5) is 5.69 Å². The van der Waals surface area contributed by atoms with Crippen LogP contribution >= 0.6 is 0 Å². The minimum Gasteiger partial charge on any atom is -0.497 e. The predicted molar refractivity (Wildman–Crippen MR) is 136 cm³/mol. The molecule has 8 nitrogen and oxygen atoms in total. The molecular formula is C27H30N4O4. The van der Waals surface area contributed by atoms with E-state index in [1.165, 1.54) is 0 Å². The van der Waals surface area contributed by atoms with Crippen molar-refractivity contribution in [3.63, 3.8) is 0 Å². The predicted octanol–water partition coefficient (Wildman–Crippen LogP) is 4.79. The van der Waals surface area contributed by atoms with Crippen molar-refractivity contribution in [2.45, 2.75) is 33.4 Å². The number of amides is 1. The monoisotopic (exact) mass is 474 g/mol. The highest BCUT2D eigenvalue weighted by atomic mass is 16.5. The molecule has 182 valence electrons. The van der Waals surface area contributed by atoms with E-state index < -0.39 is 5.97 Å². The van der Waals surface area contributed by atoms with Gasteiger partial charge in [0.25, 0.3) is 5.91 Å². The summed E-state index contributed by atoms with van der Waals surface area (Å²) in [5.74, 6) is 0.0448. The third-order valence-electron chi connectivity index (χ3n) is 5.87. The SMILES string of the molecule is CCOC(=O)c1c(CNc2ccc(OC)cc2)[nH]c(C(=O)NCc2ccc3cc[nH]c3c2)c1CC. The number of benzene rings is 2. The van der Waals surface area contributed by atoms with E-state index in [9.17, 15) is 9.59 Å². The summed E-state index contributed by atoms with van der Waals surface area (Å²) in [6.07, 6.45) is 2.39. The van der Waals surface area contributed by atoms with Crippen LogP contribution in [0.15, 0.2) is 54.7 Å². The first-order valence-electron chi connectivity index (χ1n) is 11.7. The molecule has 0 saturated carbocycles. The maximum Gasteiger partial charge on any atom is 0.340 e. The van der Waals surface area contributed by atoms with Crippen LogP contribution in [0.2, 0.25) is 0 Å². The van der Waals surface area contributed by atoms with E-state index in [0.717, 1.165) is 27.9 Å². The summed E-state index contributed by atoms with van der Waals surface area (Å²) in [7, 11) is 1.62. The van der Waals surface area contributed by atoms with Gasteiger partial charge < -0.3 is 30.1 Å². The number of fused-ring (bicyclic) bond motifs is 1. The van der Waals surface area contributed by atoms with Crippen molar-refractivity contribution in [3.05, 3.63) is 82.8 Å². The fourth-order valence-electron chi connectivity index (χ4n) is 4.10. The smallest absolute Gasteiger partial charge is 0.340 e. The highest BCUT2D eigenvalue weighted by molar-refractivity contribution is 6.00. The third-order valence-corrected chi connectivity index (χ3v) is 5.87. The van der Waals surface area contributed by atoms with Crippen LogP contribution in [0.3, 0.4) is 0 Å². The van der Waals surface area contributed by atoms with E-state index in [1.807, 2.05) is 61.7 Å². The Bertz CT molecular complexity index is 1320. The molecule has 8 heteroatoms. The molecule has 0 aliphatic rings. The number of rotatable bonds is 10. The zero-order valence-electron chi connectivity index (χ0n) is 20.2. The first-order chi connectivity index (χ1) is 17.0. The lowest BCUT2D eigenvalue weighted by molar-refractivity contribution is 0.0524. The Hall–Kier alpha value is -4.20. The number of carbonyl (C=O) groups is 2. The number of H-pyrrole nitrogens is 2. The van der Waals surface area contributed by atoms with E-state index in [2.05, 4.69) is 20.6 Å². The third kappa shape index (κ3) is 5.32. The van der Waals surface area contributed by atoms with Gasteiger partial charge in [-0.1, -0.05) is 19.1 Å². The Morgan fingerprint density at radius 2 is 1.80 bits per heavy atom. The van der Waals surface area contributed by atoms with Crippen LogP contribution in [-0.2, 0) is 24.2 Å². The van der Waals surface area contributed by atoms with Crippen molar-refractivity contribution in [2.75, 3.05) is 19.0 Å². The molecule has 0 aliphatic carbocycles. The number of aromatic amines is 2. The van der Waals surface area contributed by atoms with Crippen molar-refractivity contribution in [2.24, 2.45) is 0 Å². The number of hydrogen-bond donors (Lipinski definition) is 4. The van der Waals surface area contributed by atoms with Gasteiger partial charge in [0.2, 0.25) is 0 Å². The van der Waals surface area contributed by atoms with Gasteiger partial charge in [0.15, 0.2) is 0 Å².